The van der Waals surface area contributed by atoms with Gasteiger partial charge in [0.25, 0.3) is 0 Å². The molecule has 142 valence electrons. The maximum atomic E-state index is 13.0. The van der Waals surface area contributed by atoms with Crippen LogP contribution in [0.2, 0.25) is 5.02 Å². The third-order valence-electron chi connectivity index (χ3n) is 4.41. The van der Waals surface area contributed by atoms with Crippen molar-refractivity contribution in [1.29, 1.82) is 0 Å². The van der Waals surface area contributed by atoms with E-state index in [1.807, 2.05) is 30.3 Å². The van der Waals surface area contributed by atoms with Crippen LogP contribution in [-0.2, 0) is 14.8 Å². The number of rotatable bonds is 5. The Morgan fingerprint density at radius 3 is 2.52 bits per heavy atom. The average molecular weight is 408 g/mol. The van der Waals surface area contributed by atoms with E-state index in [1.165, 1.54) is 36.7 Å². The lowest BCUT2D eigenvalue weighted by Crippen LogP contribution is -2.30. The van der Waals surface area contributed by atoms with E-state index >= 15 is 0 Å². The SMILES string of the molecule is COC(=O)c1ccc(S(=O)(=O)N(C)C(C)c2cc3ccccc3o2)c(Cl)c1. The van der Waals surface area contributed by atoms with Crippen molar-refractivity contribution < 1.29 is 22.4 Å². The molecule has 0 amide bonds. The minimum Gasteiger partial charge on any atom is -0.465 e. The number of esters is 1. The van der Waals surface area contributed by atoms with Gasteiger partial charge >= 0.3 is 5.97 Å². The van der Waals surface area contributed by atoms with Gasteiger partial charge in [0.2, 0.25) is 10.0 Å². The van der Waals surface area contributed by atoms with Gasteiger partial charge in [-0.25, -0.2) is 13.2 Å². The van der Waals surface area contributed by atoms with Gasteiger partial charge in [-0.3, -0.25) is 0 Å². The fraction of sp³-hybridized carbons (Fsp3) is 0.211. The van der Waals surface area contributed by atoms with Crippen LogP contribution in [0.1, 0.15) is 29.1 Å². The summed E-state index contributed by atoms with van der Waals surface area (Å²) in [7, 11) is -1.22. The molecule has 0 aliphatic rings. The number of furan rings is 1. The number of carbonyl (C=O) groups excluding carboxylic acids is 1. The summed E-state index contributed by atoms with van der Waals surface area (Å²) < 4.78 is 37.6. The Bertz CT molecular complexity index is 1070. The molecule has 2 aromatic carbocycles. The summed E-state index contributed by atoms with van der Waals surface area (Å²) in [6, 6.07) is 12.6. The Kier molecular flexibility index (Phi) is 5.28. The smallest absolute Gasteiger partial charge is 0.337 e. The topological polar surface area (TPSA) is 76.8 Å². The number of nitrogens with zero attached hydrogens (tertiary/aromatic N) is 1. The highest BCUT2D eigenvalue weighted by atomic mass is 35.5. The molecule has 0 N–H and O–H groups in total. The van der Waals surface area contributed by atoms with E-state index in [0.717, 1.165) is 5.39 Å². The second-order valence-corrected chi connectivity index (χ2v) is 8.39. The number of sulfonamides is 1. The lowest BCUT2D eigenvalue weighted by atomic mass is 10.2. The van der Waals surface area contributed by atoms with Crippen molar-refractivity contribution in [2.24, 2.45) is 0 Å². The van der Waals surface area contributed by atoms with Gasteiger partial charge in [0.1, 0.15) is 16.2 Å². The highest BCUT2D eigenvalue weighted by molar-refractivity contribution is 7.89. The molecule has 8 heteroatoms. The van der Waals surface area contributed by atoms with Gasteiger partial charge in [-0.05, 0) is 37.3 Å². The first-order valence-electron chi connectivity index (χ1n) is 8.10. The number of methoxy groups -OCH3 is 1. The predicted molar refractivity (Wildman–Crippen MR) is 102 cm³/mol. The van der Waals surface area contributed by atoms with E-state index in [-0.39, 0.29) is 15.5 Å². The molecule has 0 spiro atoms. The maximum Gasteiger partial charge on any atom is 0.337 e. The number of hydrogen-bond donors (Lipinski definition) is 0. The summed E-state index contributed by atoms with van der Waals surface area (Å²) in [4.78, 5) is 11.5. The van der Waals surface area contributed by atoms with Crippen LogP contribution in [0.4, 0.5) is 0 Å². The van der Waals surface area contributed by atoms with Crippen LogP contribution in [0, 0.1) is 0 Å². The van der Waals surface area contributed by atoms with Crippen LogP contribution in [0.25, 0.3) is 11.0 Å². The minimum absolute atomic E-state index is 0.0541. The fourth-order valence-electron chi connectivity index (χ4n) is 2.71. The van der Waals surface area contributed by atoms with Crippen molar-refractivity contribution in [1.82, 2.24) is 4.31 Å². The quantitative estimate of drug-likeness (QED) is 0.591. The maximum absolute atomic E-state index is 13.0. The van der Waals surface area contributed by atoms with E-state index in [9.17, 15) is 13.2 Å². The van der Waals surface area contributed by atoms with Gasteiger partial charge in [0.05, 0.1) is 23.7 Å². The molecule has 27 heavy (non-hydrogen) atoms. The molecule has 1 aromatic heterocycles. The minimum atomic E-state index is -3.91. The van der Waals surface area contributed by atoms with Crippen molar-refractivity contribution in [3.8, 4) is 0 Å². The molecule has 0 bridgehead atoms. The zero-order valence-corrected chi connectivity index (χ0v) is 16.5. The highest BCUT2D eigenvalue weighted by Gasteiger charge is 2.30. The summed E-state index contributed by atoms with van der Waals surface area (Å²) in [6.45, 7) is 1.73. The van der Waals surface area contributed by atoms with Crippen LogP contribution >= 0.6 is 11.6 Å². The van der Waals surface area contributed by atoms with E-state index in [0.29, 0.717) is 11.3 Å². The first-order chi connectivity index (χ1) is 12.8. The number of hydrogen-bond acceptors (Lipinski definition) is 5. The summed E-state index contributed by atoms with van der Waals surface area (Å²) in [5.41, 5.74) is 0.861. The largest absolute Gasteiger partial charge is 0.465 e. The zero-order valence-electron chi connectivity index (χ0n) is 15.0. The van der Waals surface area contributed by atoms with Gasteiger partial charge in [0, 0.05) is 12.4 Å². The fourth-order valence-corrected chi connectivity index (χ4v) is 4.55. The van der Waals surface area contributed by atoms with Crippen LogP contribution in [0.3, 0.4) is 0 Å². The summed E-state index contributed by atoms with van der Waals surface area (Å²) >= 11 is 6.14. The van der Waals surface area contributed by atoms with Gasteiger partial charge in [-0.2, -0.15) is 4.31 Å². The summed E-state index contributed by atoms with van der Waals surface area (Å²) in [5.74, 6) is -0.0746. The lowest BCUT2D eigenvalue weighted by Gasteiger charge is -2.23. The Balaban J connectivity index is 1.94. The average Bonchev–Trinajstić information content (AvgIpc) is 3.10. The van der Waals surface area contributed by atoms with Crippen LogP contribution in [0.15, 0.2) is 57.8 Å². The normalized spacial score (nSPS) is 13.1. The van der Waals surface area contributed by atoms with Crippen LogP contribution < -0.4 is 0 Å². The molecule has 0 aliphatic heterocycles. The van der Waals surface area contributed by atoms with Gasteiger partial charge in [-0.15, -0.1) is 0 Å². The first-order valence-corrected chi connectivity index (χ1v) is 9.92. The molecule has 1 unspecified atom stereocenters. The second-order valence-electron chi connectivity index (χ2n) is 6.02. The summed E-state index contributed by atoms with van der Waals surface area (Å²) in [5, 5.41) is 0.840. The first kappa shape index (κ1) is 19.4. The molecule has 6 nitrogen and oxygen atoms in total. The number of ether oxygens (including phenoxy) is 1. The Morgan fingerprint density at radius 1 is 1.19 bits per heavy atom. The van der Waals surface area contributed by atoms with E-state index in [1.54, 1.807) is 6.92 Å². The summed E-state index contributed by atoms with van der Waals surface area (Å²) in [6.07, 6.45) is 0. The molecule has 0 aliphatic carbocycles. The molecule has 3 aromatic rings. The van der Waals surface area contributed by atoms with E-state index in [4.69, 9.17) is 16.0 Å². The van der Waals surface area contributed by atoms with Gasteiger partial charge < -0.3 is 9.15 Å². The molecule has 3 rings (SSSR count). The molecule has 1 heterocycles. The number of para-hydroxylation sites is 1. The molecule has 0 radical (unpaired) electrons. The van der Waals surface area contributed by atoms with Gasteiger partial charge in [-0.1, -0.05) is 29.8 Å². The highest BCUT2D eigenvalue weighted by Crippen LogP contribution is 2.32. The number of fused-ring (bicyclic) bond motifs is 1. The van der Waals surface area contributed by atoms with Crippen LogP contribution in [0.5, 0.6) is 0 Å². The molecule has 0 fully saturated rings. The van der Waals surface area contributed by atoms with Crippen LogP contribution in [-0.4, -0.2) is 32.8 Å². The van der Waals surface area contributed by atoms with Crippen molar-refractivity contribution in [3.05, 3.63) is 64.9 Å². The monoisotopic (exact) mass is 407 g/mol. The van der Waals surface area contributed by atoms with Crippen molar-refractivity contribution in [2.45, 2.75) is 17.9 Å². The molecular formula is C19H18ClNO5S. The third-order valence-corrected chi connectivity index (χ3v) is 6.82. The van der Waals surface area contributed by atoms with Crippen molar-refractivity contribution >= 4 is 38.6 Å². The molecule has 1 atom stereocenters. The van der Waals surface area contributed by atoms with Crippen molar-refractivity contribution in [3.63, 3.8) is 0 Å². The number of benzene rings is 2. The molecule has 0 saturated carbocycles. The van der Waals surface area contributed by atoms with Gasteiger partial charge in [0.15, 0.2) is 0 Å². The van der Waals surface area contributed by atoms with E-state index < -0.39 is 22.0 Å². The Labute approximate surface area is 162 Å². The predicted octanol–water partition coefficient (Wildman–Crippen LogP) is 4.25. The zero-order chi connectivity index (χ0) is 19.8. The second kappa shape index (κ2) is 7.34. The Hall–Kier alpha value is -2.35. The van der Waals surface area contributed by atoms with Crippen molar-refractivity contribution in [2.75, 3.05) is 14.2 Å². The van der Waals surface area contributed by atoms with E-state index in [2.05, 4.69) is 4.74 Å². The third kappa shape index (κ3) is 3.58. The molecule has 0 saturated heterocycles. The standard InChI is InChI=1S/C19H18ClNO5S/c1-12(17-11-13-6-4-5-7-16(13)26-17)21(2)27(23,24)18-9-8-14(10-15(18)20)19(22)25-3/h4-12H,1-3H3. The number of carbonyl (C=O) groups is 1. The Morgan fingerprint density at radius 2 is 1.89 bits per heavy atom. The molecular weight excluding hydrogens is 390 g/mol. The lowest BCUT2D eigenvalue weighted by molar-refractivity contribution is 0.0600. The number of halogens is 1.